The highest BCUT2D eigenvalue weighted by atomic mass is 16.5. The molecule has 1 N–H and O–H groups in total. The van der Waals surface area contributed by atoms with Gasteiger partial charge >= 0.3 is 0 Å². The molecule has 1 heterocycles. The molecule has 2 aliphatic rings. The summed E-state index contributed by atoms with van der Waals surface area (Å²) in [6.45, 7) is 0.840. The molecule has 0 fully saturated rings. The van der Waals surface area contributed by atoms with Crippen molar-refractivity contribution in [2.24, 2.45) is 0 Å². The Morgan fingerprint density at radius 1 is 1.26 bits per heavy atom. The molecule has 19 heavy (non-hydrogen) atoms. The zero-order valence-electron chi connectivity index (χ0n) is 11.7. The maximum absolute atomic E-state index is 5.79. The third kappa shape index (κ3) is 2.55. The molecule has 0 aromatic heterocycles. The largest absolute Gasteiger partial charge is 0.493 e. The second kappa shape index (κ2) is 5.79. The fourth-order valence-electron chi connectivity index (χ4n) is 3.51. The summed E-state index contributed by atoms with van der Waals surface area (Å²) in [6.07, 6.45) is 8.77. The van der Waals surface area contributed by atoms with Gasteiger partial charge < -0.3 is 10.1 Å². The van der Waals surface area contributed by atoms with Crippen LogP contribution < -0.4 is 10.1 Å². The van der Waals surface area contributed by atoms with Crippen molar-refractivity contribution in [1.29, 1.82) is 0 Å². The molecule has 3 rings (SSSR count). The summed E-state index contributed by atoms with van der Waals surface area (Å²) in [4.78, 5) is 0. The van der Waals surface area contributed by atoms with Gasteiger partial charge in [-0.15, -0.1) is 0 Å². The van der Waals surface area contributed by atoms with Gasteiger partial charge in [-0.3, -0.25) is 0 Å². The molecule has 2 atom stereocenters. The summed E-state index contributed by atoms with van der Waals surface area (Å²) in [5.41, 5.74) is 2.98. The van der Waals surface area contributed by atoms with Crippen molar-refractivity contribution in [3.63, 3.8) is 0 Å². The van der Waals surface area contributed by atoms with Crippen molar-refractivity contribution in [3.8, 4) is 5.75 Å². The van der Waals surface area contributed by atoms with Crippen LogP contribution in [0.4, 0.5) is 0 Å². The summed E-state index contributed by atoms with van der Waals surface area (Å²) >= 11 is 0. The molecule has 0 bridgehead atoms. The van der Waals surface area contributed by atoms with Gasteiger partial charge in [0.1, 0.15) is 5.75 Å². The summed E-state index contributed by atoms with van der Waals surface area (Å²) in [6, 6.07) is 9.00. The summed E-state index contributed by atoms with van der Waals surface area (Å²) in [5.74, 6) is 1.63. The van der Waals surface area contributed by atoms with Crippen molar-refractivity contribution in [2.75, 3.05) is 13.7 Å². The third-order valence-corrected chi connectivity index (χ3v) is 4.44. The van der Waals surface area contributed by atoms with Gasteiger partial charge in [0.2, 0.25) is 0 Å². The molecule has 1 aromatic rings. The molecule has 1 aromatic carbocycles. The van der Waals surface area contributed by atoms with Gasteiger partial charge in [0.15, 0.2) is 0 Å². The van der Waals surface area contributed by atoms with Gasteiger partial charge in [0.05, 0.1) is 6.61 Å². The van der Waals surface area contributed by atoms with Crippen LogP contribution in [0.5, 0.6) is 5.75 Å². The highest BCUT2D eigenvalue weighted by Crippen LogP contribution is 2.39. The molecule has 2 heteroatoms. The Morgan fingerprint density at radius 2 is 2.16 bits per heavy atom. The van der Waals surface area contributed by atoms with E-state index in [1.54, 1.807) is 5.57 Å². The van der Waals surface area contributed by atoms with Crippen molar-refractivity contribution in [1.82, 2.24) is 5.32 Å². The van der Waals surface area contributed by atoms with Gasteiger partial charge in [-0.25, -0.2) is 0 Å². The number of ether oxygens (including phenoxy) is 1. The van der Waals surface area contributed by atoms with E-state index >= 15 is 0 Å². The van der Waals surface area contributed by atoms with E-state index in [2.05, 4.69) is 42.7 Å². The molecular weight excluding hydrogens is 234 g/mol. The van der Waals surface area contributed by atoms with Gasteiger partial charge in [0, 0.05) is 12.0 Å². The van der Waals surface area contributed by atoms with E-state index in [1.807, 2.05) is 0 Å². The maximum atomic E-state index is 5.79. The number of nitrogens with one attached hydrogen (secondary N) is 1. The minimum Gasteiger partial charge on any atom is -0.493 e. The van der Waals surface area contributed by atoms with Gasteiger partial charge in [-0.2, -0.15) is 0 Å². The molecule has 0 spiro atoms. The SMILES string of the molecule is CNC(C1=CCCCC1)C1CCOc2ccccc21. The van der Waals surface area contributed by atoms with Crippen LogP contribution in [0.3, 0.4) is 0 Å². The average Bonchev–Trinajstić information content (AvgIpc) is 2.49. The van der Waals surface area contributed by atoms with Crippen LogP contribution >= 0.6 is 0 Å². The first-order chi connectivity index (χ1) is 9.40. The maximum Gasteiger partial charge on any atom is 0.122 e. The van der Waals surface area contributed by atoms with Crippen molar-refractivity contribution in [2.45, 2.75) is 44.1 Å². The second-order valence-corrected chi connectivity index (χ2v) is 5.57. The first-order valence-electron chi connectivity index (χ1n) is 7.48. The van der Waals surface area contributed by atoms with Crippen LogP contribution in [0.15, 0.2) is 35.9 Å². The number of fused-ring (bicyclic) bond motifs is 1. The minimum atomic E-state index is 0.477. The number of allylic oxidation sites excluding steroid dienone is 1. The van der Waals surface area contributed by atoms with E-state index in [4.69, 9.17) is 4.74 Å². The fourth-order valence-corrected chi connectivity index (χ4v) is 3.51. The van der Waals surface area contributed by atoms with Crippen LogP contribution in [0.1, 0.15) is 43.6 Å². The predicted octanol–water partition coefficient (Wildman–Crippen LogP) is 3.64. The third-order valence-electron chi connectivity index (χ3n) is 4.44. The minimum absolute atomic E-state index is 0.477. The van der Waals surface area contributed by atoms with Crippen molar-refractivity contribution < 1.29 is 4.74 Å². The van der Waals surface area contributed by atoms with Gasteiger partial charge in [-0.1, -0.05) is 29.8 Å². The van der Waals surface area contributed by atoms with Crippen LogP contribution in [-0.4, -0.2) is 19.7 Å². The summed E-state index contributed by atoms with van der Waals surface area (Å²) in [5, 5.41) is 3.56. The Bertz CT molecular complexity index is 466. The number of rotatable bonds is 3. The number of hydrogen-bond donors (Lipinski definition) is 1. The van der Waals surface area contributed by atoms with Crippen LogP contribution in [0.2, 0.25) is 0 Å². The highest BCUT2D eigenvalue weighted by molar-refractivity contribution is 5.40. The topological polar surface area (TPSA) is 21.3 Å². The van der Waals surface area contributed by atoms with Gasteiger partial charge in [0.25, 0.3) is 0 Å². The van der Waals surface area contributed by atoms with Crippen LogP contribution in [0.25, 0.3) is 0 Å². The lowest BCUT2D eigenvalue weighted by Crippen LogP contribution is -2.37. The highest BCUT2D eigenvalue weighted by Gasteiger charge is 2.30. The average molecular weight is 257 g/mol. The zero-order chi connectivity index (χ0) is 13.1. The molecule has 2 unspecified atom stereocenters. The Hall–Kier alpha value is -1.28. The number of hydrogen-bond acceptors (Lipinski definition) is 2. The number of para-hydroxylation sites is 1. The van der Waals surface area contributed by atoms with Gasteiger partial charge in [-0.05, 0) is 50.8 Å². The lowest BCUT2D eigenvalue weighted by atomic mass is 9.80. The summed E-state index contributed by atoms with van der Waals surface area (Å²) < 4.78 is 5.79. The van der Waals surface area contributed by atoms with E-state index in [9.17, 15) is 0 Å². The predicted molar refractivity (Wildman–Crippen MR) is 78.7 cm³/mol. The van der Waals surface area contributed by atoms with E-state index < -0.39 is 0 Å². The molecule has 0 saturated heterocycles. The standard InChI is InChI=1S/C17H23NO/c1-18-17(13-7-3-2-4-8-13)15-11-12-19-16-10-6-5-9-14(15)16/h5-7,9-10,15,17-18H,2-4,8,11-12H2,1H3. The van der Waals surface area contributed by atoms with E-state index in [-0.39, 0.29) is 0 Å². The lowest BCUT2D eigenvalue weighted by molar-refractivity contribution is 0.253. The van der Waals surface area contributed by atoms with Crippen LogP contribution in [0, 0.1) is 0 Å². The normalized spacial score (nSPS) is 24.1. The molecular formula is C17H23NO. The lowest BCUT2D eigenvalue weighted by Gasteiger charge is -2.34. The Balaban J connectivity index is 1.90. The molecule has 0 amide bonds. The fraction of sp³-hybridized carbons (Fsp3) is 0.529. The van der Waals surface area contributed by atoms with Crippen molar-refractivity contribution in [3.05, 3.63) is 41.5 Å². The van der Waals surface area contributed by atoms with E-state index in [0.29, 0.717) is 12.0 Å². The first-order valence-corrected chi connectivity index (χ1v) is 7.48. The molecule has 0 saturated carbocycles. The smallest absolute Gasteiger partial charge is 0.122 e. The Morgan fingerprint density at radius 3 is 2.95 bits per heavy atom. The first kappa shape index (κ1) is 12.7. The Labute approximate surface area is 115 Å². The quantitative estimate of drug-likeness (QED) is 0.835. The molecule has 1 aliphatic carbocycles. The summed E-state index contributed by atoms with van der Waals surface area (Å²) in [7, 11) is 2.10. The second-order valence-electron chi connectivity index (χ2n) is 5.57. The molecule has 2 nitrogen and oxygen atoms in total. The molecule has 0 radical (unpaired) electrons. The Kier molecular flexibility index (Phi) is 3.88. The number of likely N-dealkylation sites (N-methyl/N-ethyl adjacent to an activating group) is 1. The molecule has 1 aliphatic heterocycles. The number of benzene rings is 1. The van der Waals surface area contributed by atoms with E-state index in [0.717, 1.165) is 18.8 Å². The van der Waals surface area contributed by atoms with E-state index in [1.165, 1.54) is 31.2 Å². The zero-order valence-corrected chi connectivity index (χ0v) is 11.7. The van der Waals surface area contributed by atoms with Crippen molar-refractivity contribution >= 4 is 0 Å². The monoisotopic (exact) mass is 257 g/mol. The van der Waals surface area contributed by atoms with Crippen LogP contribution in [-0.2, 0) is 0 Å². The molecule has 102 valence electrons.